The number of carbonyl (C=O) groups excluding carboxylic acids is 2. The predicted molar refractivity (Wildman–Crippen MR) is 238 cm³/mol. The minimum Gasteiger partial charge on any atom is -0.465 e. The van der Waals surface area contributed by atoms with E-state index in [0.717, 1.165) is 83.8 Å². The molecule has 336 valence electrons. The van der Waals surface area contributed by atoms with E-state index in [4.69, 9.17) is 18.9 Å². The van der Waals surface area contributed by atoms with E-state index in [1.165, 1.54) is 96.6 Å². The van der Waals surface area contributed by atoms with Gasteiger partial charge in [-0.3, -0.25) is 9.59 Å². The molecule has 0 N–H and O–H groups in total. The van der Waals surface area contributed by atoms with Gasteiger partial charge in [0.2, 0.25) is 0 Å². The Hall–Kier alpha value is -1.18. The minimum atomic E-state index is -0.403. The standard InChI is InChI=1S/C50H95NO6/c1-41(2)28-30-45(43(5)6)38-54-48(52)26-20-15-11-9-13-17-22-33-50(56-40-47(57-50)32-37-51-35-24-19-25-36-51)34-23-18-14-10-12-16-21-27-49(53)55-39-46(44(7)8)31-29-42(3)4/h41-47H,9-40H2,1-8H3. The largest absolute Gasteiger partial charge is 0.465 e. The monoisotopic (exact) mass is 806 g/mol. The molecule has 2 aliphatic heterocycles. The van der Waals surface area contributed by atoms with Gasteiger partial charge in [0.1, 0.15) is 0 Å². The zero-order chi connectivity index (χ0) is 41.7. The summed E-state index contributed by atoms with van der Waals surface area (Å²) >= 11 is 0. The highest BCUT2D eigenvalue weighted by Crippen LogP contribution is 2.36. The van der Waals surface area contributed by atoms with Gasteiger partial charge in [0, 0.05) is 32.2 Å². The Morgan fingerprint density at radius 1 is 0.579 bits per heavy atom. The first-order chi connectivity index (χ1) is 27.4. The van der Waals surface area contributed by atoms with E-state index in [1.54, 1.807) is 0 Å². The Balaban J connectivity index is 1.61. The van der Waals surface area contributed by atoms with Gasteiger partial charge in [0.05, 0.1) is 25.9 Å². The van der Waals surface area contributed by atoms with Gasteiger partial charge < -0.3 is 23.8 Å². The molecule has 0 aromatic carbocycles. The number of likely N-dealkylation sites (tertiary alicyclic amines) is 1. The molecule has 0 radical (unpaired) electrons. The molecule has 0 saturated carbocycles. The number of ether oxygens (including phenoxy) is 4. The third-order valence-corrected chi connectivity index (χ3v) is 13.0. The van der Waals surface area contributed by atoms with Crippen LogP contribution in [0.15, 0.2) is 0 Å². The topological polar surface area (TPSA) is 74.3 Å². The third kappa shape index (κ3) is 25.9. The molecule has 0 aromatic heterocycles. The highest BCUT2D eigenvalue weighted by atomic mass is 16.7. The van der Waals surface area contributed by atoms with Crippen LogP contribution in [0.1, 0.15) is 222 Å². The van der Waals surface area contributed by atoms with Gasteiger partial charge in [-0.1, -0.05) is 139 Å². The molecule has 0 aromatic rings. The molecular formula is C50H95NO6. The fraction of sp³-hybridized carbons (Fsp3) is 0.960. The second-order valence-electron chi connectivity index (χ2n) is 19.9. The average Bonchev–Trinajstić information content (AvgIpc) is 3.58. The van der Waals surface area contributed by atoms with Crippen molar-refractivity contribution in [2.75, 3.05) is 39.5 Å². The SMILES string of the molecule is CC(C)CCC(COC(=O)CCCCCCCCCC1(CCCCCCCCCC(=O)OCC(CCC(C)C)C(C)C)OCC(CCN2CCCCC2)O1)C(C)C. The Morgan fingerprint density at radius 3 is 1.42 bits per heavy atom. The Labute approximate surface area is 353 Å². The van der Waals surface area contributed by atoms with E-state index in [9.17, 15) is 9.59 Å². The van der Waals surface area contributed by atoms with Crippen LogP contribution in [-0.4, -0.2) is 68.2 Å². The summed E-state index contributed by atoms with van der Waals surface area (Å²) < 4.78 is 24.8. The number of nitrogens with zero attached hydrogens (tertiary/aromatic N) is 1. The third-order valence-electron chi connectivity index (χ3n) is 13.0. The molecule has 2 fully saturated rings. The Morgan fingerprint density at radius 2 is 1.00 bits per heavy atom. The highest BCUT2D eigenvalue weighted by Gasteiger charge is 2.40. The zero-order valence-corrected chi connectivity index (χ0v) is 39.1. The van der Waals surface area contributed by atoms with Gasteiger partial charge in [0.15, 0.2) is 5.79 Å². The summed E-state index contributed by atoms with van der Waals surface area (Å²) in [5.74, 6) is 3.00. The molecule has 0 amide bonds. The highest BCUT2D eigenvalue weighted by molar-refractivity contribution is 5.69. The van der Waals surface area contributed by atoms with Crippen LogP contribution in [0.3, 0.4) is 0 Å². The van der Waals surface area contributed by atoms with Crippen molar-refractivity contribution < 1.29 is 28.5 Å². The van der Waals surface area contributed by atoms with Gasteiger partial charge in [0.25, 0.3) is 0 Å². The number of rotatable bonds is 35. The molecule has 0 aliphatic carbocycles. The lowest BCUT2D eigenvalue weighted by atomic mass is 9.89. The molecule has 3 atom stereocenters. The van der Waals surface area contributed by atoms with Crippen LogP contribution in [0.2, 0.25) is 0 Å². The van der Waals surface area contributed by atoms with Crippen molar-refractivity contribution >= 4 is 11.9 Å². The molecule has 3 unspecified atom stereocenters. The van der Waals surface area contributed by atoms with E-state index >= 15 is 0 Å². The molecule has 57 heavy (non-hydrogen) atoms. The zero-order valence-electron chi connectivity index (χ0n) is 39.1. The molecule has 0 bridgehead atoms. The summed E-state index contributed by atoms with van der Waals surface area (Å²) in [4.78, 5) is 27.4. The van der Waals surface area contributed by atoms with Gasteiger partial charge >= 0.3 is 11.9 Å². The van der Waals surface area contributed by atoms with E-state index in [1.807, 2.05) is 0 Å². The predicted octanol–water partition coefficient (Wildman–Crippen LogP) is 13.5. The smallest absolute Gasteiger partial charge is 0.305 e. The lowest BCUT2D eigenvalue weighted by Crippen LogP contribution is -2.34. The van der Waals surface area contributed by atoms with Crippen LogP contribution < -0.4 is 0 Å². The average molecular weight is 806 g/mol. The summed E-state index contributed by atoms with van der Waals surface area (Å²) in [5, 5.41) is 0. The molecule has 2 saturated heterocycles. The van der Waals surface area contributed by atoms with Crippen molar-refractivity contribution in [2.45, 2.75) is 234 Å². The van der Waals surface area contributed by atoms with Crippen LogP contribution in [0.5, 0.6) is 0 Å². The maximum Gasteiger partial charge on any atom is 0.305 e. The molecule has 2 rings (SSSR count). The second-order valence-corrected chi connectivity index (χ2v) is 19.9. The van der Waals surface area contributed by atoms with E-state index in [-0.39, 0.29) is 18.0 Å². The quantitative estimate of drug-likeness (QED) is 0.0466. The summed E-state index contributed by atoms with van der Waals surface area (Å²) in [5.41, 5.74) is 0. The van der Waals surface area contributed by atoms with E-state index < -0.39 is 5.79 Å². The van der Waals surface area contributed by atoms with Crippen molar-refractivity contribution in [3.8, 4) is 0 Å². The van der Waals surface area contributed by atoms with Crippen LogP contribution >= 0.6 is 0 Å². The summed E-state index contributed by atoms with van der Waals surface area (Å²) in [6.45, 7) is 23.5. The van der Waals surface area contributed by atoms with Gasteiger partial charge in [-0.15, -0.1) is 0 Å². The summed E-state index contributed by atoms with van der Waals surface area (Å²) in [6.07, 6.45) is 29.2. The van der Waals surface area contributed by atoms with Crippen molar-refractivity contribution in [3.05, 3.63) is 0 Å². The lowest BCUT2D eigenvalue weighted by Gasteiger charge is -2.30. The van der Waals surface area contributed by atoms with Crippen molar-refractivity contribution in [1.29, 1.82) is 0 Å². The molecule has 2 aliphatic rings. The number of carbonyl (C=O) groups is 2. The van der Waals surface area contributed by atoms with Crippen LogP contribution in [-0.2, 0) is 28.5 Å². The van der Waals surface area contributed by atoms with Crippen LogP contribution in [0.25, 0.3) is 0 Å². The molecule has 7 nitrogen and oxygen atoms in total. The number of unbranched alkanes of at least 4 members (excludes halogenated alkanes) is 12. The molecule has 0 spiro atoms. The number of piperidine rings is 1. The molecule has 2 heterocycles. The fourth-order valence-corrected chi connectivity index (χ4v) is 8.61. The van der Waals surface area contributed by atoms with E-state index in [2.05, 4.69) is 60.3 Å². The minimum absolute atomic E-state index is 0.0155. The maximum absolute atomic E-state index is 12.4. The first kappa shape index (κ1) is 52.0. The maximum atomic E-state index is 12.4. The molecule has 7 heteroatoms. The van der Waals surface area contributed by atoms with Crippen molar-refractivity contribution in [1.82, 2.24) is 4.90 Å². The van der Waals surface area contributed by atoms with Crippen molar-refractivity contribution in [2.24, 2.45) is 35.5 Å². The first-order valence-electron chi connectivity index (χ1n) is 24.7. The number of esters is 2. The summed E-state index contributed by atoms with van der Waals surface area (Å²) in [7, 11) is 0. The second kappa shape index (κ2) is 31.7. The Kier molecular flexibility index (Phi) is 28.9. The van der Waals surface area contributed by atoms with Gasteiger partial charge in [-0.2, -0.15) is 0 Å². The van der Waals surface area contributed by atoms with Crippen LogP contribution in [0.4, 0.5) is 0 Å². The van der Waals surface area contributed by atoms with Crippen molar-refractivity contribution in [3.63, 3.8) is 0 Å². The van der Waals surface area contributed by atoms with Crippen LogP contribution in [0, 0.1) is 35.5 Å². The first-order valence-corrected chi connectivity index (χ1v) is 24.7. The molecular weight excluding hydrogens is 711 g/mol. The Bertz CT molecular complexity index is 933. The van der Waals surface area contributed by atoms with E-state index in [0.29, 0.717) is 61.6 Å². The number of hydrogen-bond donors (Lipinski definition) is 0. The summed E-state index contributed by atoms with van der Waals surface area (Å²) in [6, 6.07) is 0. The van der Waals surface area contributed by atoms with Gasteiger partial charge in [-0.25, -0.2) is 0 Å². The number of hydrogen-bond acceptors (Lipinski definition) is 7. The van der Waals surface area contributed by atoms with Gasteiger partial charge in [-0.05, 0) is 106 Å². The lowest BCUT2D eigenvalue weighted by molar-refractivity contribution is -0.180. The fourth-order valence-electron chi connectivity index (χ4n) is 8.61. The normalized spacial score (nSPS) is 20.2.